The molecule has 0 atom stereocenters. The molecule has 6 heteroatoms. The Balaban J connectivity index is 2.78. The van der Waals surface area contributed by atoms with Gasteiger partial charge in [-0.15, -0.1) is 13.2 Å². The molecule has 2 rings (SSSR count). The number of halogens is 4. The van der Waals surface area contributed by atoms with Crippen LogP contribution < -0.4 is 0 Å². The molecule has 1 aromatic heterocycles. The third-order valence-electron chi connectivity index (χ3n) is 2.16. The first-order valence-electron chi connectivity index (χ1n) is 4.21. The van der Waals surface area contributed by atoms with Crippen LogP contribution in [0, 0.1) is 11.3 Å². The number of hydrogen-bond donors (Lipinski definition) is 0. The maximum atomic E-state index is 12.6. The third kappa shape index (κ3) is 1.67. The van der Waals surface area contributed by atoms with Crippen molar-refractivity contribution in [1.29, 1.82) is 5.26 Å². The van der Waals surface area contributed by atoms with Crippen LogP contribution in [0.3, 0.4) is 0 Å². The van der Waals surface area contributed by atoms with E-state index in [4.69, 9.17) is 5.26 Å². The van der Waals surface area contributed by atoms with Crippen LogP contribution >= 0.6 is 15.9 Å². The minimum Gasteiger partial charge on any atom is -0.258 e. The van der Waals surface area contributed by atoms with E-state index in [-0.39, 0.29) is 10.1 Å². The van der Waals surface area contributed by atoms with Gasteiger partial charge in [-0.2, -0.15) is 5.26 Å². The van der Waals surface area contributed by atoms with Gasteiger partial charge in [0.25, 0.3) is 0 Å². The topological polar surface area (TPSA) is 28.7 Å². The van der Waals surface area contributed by atoms with Gasteiger partial charge in [-0.3, -0.25) is 4.57 Å². The van der Waals surface area contributed by atoms with E-state index in [1.54, 1.807) is 0 Å². The van der Waals surface area contributed by atoms with E-state index < -0.39 is 6.30 Å². The minimum absolute atomic E-state index is 0.0263. The lowest BCUT2D eigenvalue weighted by atomic mass is 10.2. The lowest BCUT2D eigenvalue weighted by Gasteiger charge is -2.08. The molecule has 0 spiro atoms. The van der Waals surface area contributed by atoms with Crippen LogP contribution in [0.5, 0.6) is 0 Å². The predicted octanol–water partition coefficient (Wildman–Crippen LogP) is 3.75. The molecule has 0 amide bonds. The number of hydrogen-bond acceptors (Lipinski definition) is 1. The van der Waals surface area contributed by atoms with Crippen molar-refractivity contribution in [3.63, 3.8) is 0 Å². The van der Waals surface area contributed by atoms with Crippen LogP contribution in [0.1, 0.15) is 5.56 Å². The molecular weight excluding hydrogens is 285 g/mol. The van der Waals surface area contributed by atoms with Gasteiger partial charge in [0.2, 0.25) is 0 Å². The fourth-order valence-electron chi connectivity index (χ4n) is 1.47. The first-order chi connectivity index (χ1) is 7.43. The Labute approximate surface area is 97.0 Å². The van der Waals surface area contributed by atoms with Gasteiger partial charge in [0.05, 0.1) is 17.1 Å². The number of alkyl halides is 3. The van der Waals surface area contributed by atoms with E-state index in [0.29, 0.717) is 15.4 Å². The largest absolute Gasteiger partial charge is 0.488 e. The Morgan fingerprint density at radius 2 is 2.00 bits per heavy atom. The molecule has 0 fully saturated rings. The first kappa shape index (κ1) is 11.0. The van der Waals surface area contributed by atoms with E-state index in [2.05, 4.69) is 15.9 Å². The molecule has 0 aliphatic carbocycles. The monoisotopic (exact) mass is 288 g/mol. The number of nitriles is 1. The van der Waals surface area contributed by atoms with Crippen molar-refractivity contribution in [3.05, 3.63) is 34.4 Å². The van der Waals surface area contributed by atoms with Crippen molar-refractivity contribution >= 4 is 26.8 Å². The predicted molar refractivity (Wildman–Crippen MR) is 55.7 cm³/mol. The average Bonchev–Trinajstić information content (AvgIpc) is 2.55. The van der Waals surface area contributed by atoms with Gasteiger partial charge in [0.15, 0.2) is 0 Å². The van der Waals surface area contributed by atoms with Crippen LogP contribution in [-0.4, -0.2) is 4.57 Å². The summed E-state index contributed by atoms with van der Waals surface area (Å²) in [6, 6.07) is 5.94. The van der Waals surface area contributed by atoms with Crippen molar-refractivity contribution in [2.45, 2.75) is 6.30 Å². The van der Waals surface area contributed by atoms with E-state index in [9.17, 15) is 13.2 Å². The first-order valence-corrected chi connectivity index (χ1v) is 5.00. The molecule has 1 heterocycles. The van der Waals surface area contributed by atoms with Gasteiger partial charge in [-0.1, -0.05) is 0 Å². The second kappa shape index (κ2) is 3.52. The highest BCUT2D eigenvalue weighted by Crippen LogP contribution is 2.34. The van der Waals surface area contributed by atoms with Gasteiger partial charge in [-0.05, 0) is 34.1 Å². The van der Waals surface area contributed by atoms with Gasteiger partial charge >= 0.3 is 6.30 Å². The van der Waals surface area contributed by atoms with Crippen molar-refractivity contribution in [1.82, 2.24) is 4.57 Å². The second-order valence-corrected chi connectivity index (χ2v) is 4.01. The van der Waals surface area contributed by atoms with Gasteiger partial charge in [-0.25, -0.2) is 0 Å². The van der Waals surface area contributed by atoms with Crippen LogP contribution in [0.25, 0.3) is 10.9 Å². The quantitative estimate of drug-likeness (QED) is 0.726. The summed E-state index contributed by atoms with van der Waals surface area (Å²) < 4.78 is 38.3. The van der Waals surface area contributed by atoms with E-state index >= 15 is 0 Å². The molecule has 82 valence electrons. The third-order valence-corrected chi connectivity index (χ3v) is 2.79. The van der Waals surface area contributed by atoms with Crippen LogP contribution in [-0.2, 0) is 6.30 Å². The maximum Gasteiger partial charge on any atom is 0.488 e. The molecule has 1 aromatic carbocycles. The maximum absolute atomic E-state index is 12.6. The second-order valence-electron chi connectivity index (χ2n) is 3.16. The zero-order valence-corrected chi connectivity index (χ0v) is 9.30. The molecule has 0 aliphatic rings. The van der Waals surface area contributed by atoms with E-state index in [1.807, 2.05) is 6.07 Å². The Kier molecular flexibility index (Phi) is 2.43. The van der Waals surface area contributed by atoms with Crippen LogP contribution in [0.2, 0.25) is 0 Å². The number of aromatic nitrogens is 1. The number of fused-ring (bicyclic) bond motifs is 1. The fraction of sp³-hybridized carbons (Fsp3) is 0.100. The molecule has 0 unspecified atom stereocenters. The highest BCUT2D eigenvalue weighted by Gasteiger charge is 2.32. The molecular formula is C10H4BrF3N2. The molecule has 0 saturated carbocycles. The fourth-order valence-corrected chi connectivity index (χ4v) is 1.99. The molecule has 2 aromatic rings. The molecule has 16 heavy (non-hydrogen) atoms. The summed E-state index contributed by atoms with van der Waals surface area (Å²) in [6.45, 7) is 0. The molecule has 0 radical (unpaired) electrons. The average molecular weight is 289 g/mol. The summed E-state index contributed by atoms with van der Waals surface area (Å²) in [4.78, 5) is 0. The zero-order chi connectivity index (χ0) is 11.9. The van der Waals surface area contributed by atoms with E-state index in [1.165, 1.54) is 18.2 Å². The zero-order valence-electron chi connectivity index (χ0n) is 7.72. The van der Waals surface area contributed by atoms with Gasteiger partial charge in [0.1, 0.15) is 0 Å². The summed E-state index contributed by atoms with van der Waals surface area (Å²) in [5.41, 5.74) is 0.353. The highest BCUT2D eigenvalue weighted by molar-refractivity contribution is 9.10. The molecule has 0 bridgehead atoms. The summed E-state index contributed by atoms with van der Waals surface area (Å²) >= 11 is 3.04. The van der Waals surface area contributed by atoms with Crippen molar-refractivity contribution < 1.29 is 13.2 Å². The Bertz CT molecular complexity index is 592. The Morgan fingerprint density at radius 1 is 1.31 bits per heavy atom. The van der Waals surface area contributed by atoms with Crippen LogP contribution in [0.15, 0.2) is 28.9 Å². The van der Waals surface area contributed by atoms with Crippen molar-refractivity contribution in [2.75, 3.05) is 0 Å². The lowest BCUT2D eigenvalue weighted by molar-refractivity contribution is -0.200. The minimum atomic E-state index is -4.46. The number of benzene rings is 1. The summed E-state index contributed by atoms with van der Waals surface area (Å²) in [7, 11) is 0. The van der Waals surface area contributed by atoms with Crippen molar-refractivity contribution in [2.24, 2.45) is 0 Å². The summed E-state index contributed by atoms with van der Waals surface area (Å²) in [6.07, 6.45) is -3.51. The Morgan fingerprint density at radius 3 is 2.56 bits per heavy atom. The number of rotatable bonds is 0. The molecule has 2 nitrogen and oxygen atoms in total. The summed E-state index contributed by atoms with van der Waals surface area (Å²) in [5.74, 6) is 0. The normalized spacial score (nSPS) is 11.7. The molecule has 0 N–H and O–H groups in total. The highest BCUT2D eigenvalue weighted by atomic mass is 79.9. The van der Waals surface area contributed by atoms with Crippen molar-refractivity contribution in [3.8, 4) is 6.07 Å². The van der Waals surface area contributed by atoms with Gasteiger partial charge < -0.3 is 0 Å². The SMILES string of the molecule is N#Cc1ccc2c(c1)c(Br)cn2C(F)(F)F. The van der Waals surface area contributed by atoms with Crippen LogP contribution in [0.4, 0.5) is 13.2 Å². The summed E-state index contributed by atoms with van der Waals surface area (Å²) in [5, 5.41) is 9.03. The lowest BCUT2D eigenvalue weighted by Crippen LogP contribution is -2.14. The van der Waals surface area contributed by atoms with Gasteiger partial charge in [0, 0.05) is 16.1 Å². The smallest absolute Gasteiger partial charge is 0.258 e. The van der Waals surface area contributed by atoms with E-state index in [0.717, 1.165) is 6.20 Å². The number of nitrogens with zero attached hydrogens (tertiary/aromatic N) is 2. The standard InChI is InChI=1S/C10H4BrF3N2/c11-8-5-16(10(12,13)14)9-2-1-6(4-15)3-7(8)9/h1-3,5H. The molecule has 0 saturated heterocycles. The molecule has 0 aliphatic heterocycles. The Hall–Kier alpha value is -1.48.